The molecule has 1 N–H and O–H groups in total. The summed E-state index contributed by atoms with van der Waals surface area (Å²) in [5, 5.41) is 2.99. The molecule has 4 heteroatoms. The maximum absolute atomic E-state index is 11.9. The Balaban J connectivity index is 2.00. The molecule has 1 aliphatic carbocycles. The predicted molar refractivity (Wildman–Crippen MR) is 72.2 cm³/mol. The highest BCUT2D eigenvalue weighted by Gasteiger charge is 2.35. The summed E-state index contributed by atoms with van der Waals surface area (Å²) in [6.07, 6.45) is 4.10. The van der Waals surface area contributed by atoms with Crippen LogP contribution in [0.15, 0.2) is 36.2 Å². The number of nitrogens with one attached hydrogen (secondary N) is 1. The molecule has 0 aromatic carbocycles. The minimum absolute atomic E-state index is 0.0743. The normalized spacial score (nSPS) is 18.3. The fourth-order valence-corrected chi connectivity index (χ4v) is 2.20. The van der Waals surface area contributed by atoms with E-state index in [1.807, 2.05) is 32.0 Å². The van der Waals surface area contributed by atoms with E-state index in [4.69, 9.17) is 0 Å². The highest BCUT2D eigenvalue weighted by Crippen LogP contribution is 2.33. The second-order valence-corrected chi connectivity index (χ2v) is 5.62. The van der Waals surface area contributed by atoms with Crippen molar-refractivity contribution in [1.29, 1.82) is 0 Å². The molecule has 0 radical (unpaired) electrons. The maximum Gasteiger partial charge on any atom is 0.168 e. The van der Waals surface area contributed by atoms with E-state index in [-0.39, 0.29) is 22.6 Å². The first-order chi connectivity index (χ1) is 8.98. The summed E-state index contributed by atoms with van der Waals surface area (Å²) in [5.41, 5.74) is 0.942. The highest BCUT2D eigenvalue weighted by molar-refractivity contribution is 6.22. The number of hydrogen-bond donors (Lipinski definition) is 1. The van der Waals surface area contributed by atoms with Crippen LogP contribution in [-0.2, 0) is 16.1 Å². The lowest BCUT2D eigenvalue weighted by Gasteiger charge is -2.28. The van der Waals surface area contributed by atoms with Crippen LogP contribution in [0.3, 0.4) is 0 Å². The second-order valence-electron chi connectivity index (χ2n) is 5.62. The molecule has 0 unspecified atom stereocenters. The average molecular weight is 258 g/mol. The third-order valence-electron chi connectivity index (χ3n) is 3.13. The molecule has 19 heavy (non-hydrogen) atoms. The van der Waals surface area contributed by atoms with Crippen LogP contribution >= 0.6 is 0 Å². The van der Waals surface area contributed by atoms with E-state index in [1.54, 1.807) is 6.20 Å². The molecule has 1 aliphatic rings. The lowest BCUT2D eigenvalue weighted by molar-refractivity contribution is -0.127. The number of rotatable bonds is 3. The molecule has 1 fully saturated rings. The predicted octanol–water partition coefficient (Wildman–Crippen LogP) is 2.01. The number of allylic oxidation sites excluding steroid dienone is 1. The molecule has 2 rings (SSSR count). The Kier molecular flexibility index (Phi) is 3.79. The van der Waals surface area contributed by atoms with E-state index >= 15 is 0 Å². The van der Waals surface area contributed by atoms with E-state index in [9.17, 15) is 9.59 Å². The first-order valence-electron chi connectivity index (χ1n) is 6.38. The Morgan fingerprint density at radius 1 is 1.26 bits per heavy atom. The monoisotopic (exact) mass is 258 g/mol. The zero-order valence-electron chi connectivity index (χ0n) is 11.3. The van der Waals surface area contributed by atoms with Crippen LogP contribution in [0.1, 0.15) is 32.4 Å². The van der Waals surface area contributed by atoms with E-state index in [0.29, 0.717) is 19.4 Å². The van der Waals surface area contributed by atoms with Gasteiger partial charge in [0.2, 0.25) is 0 Å². The summed E-state index contributed by atoms with van der Waals surface area (Å²) in [6.45, 7) is 4.40. The molecule has 1 aromatic heterocycles. The van der Waals surface area contributed by atoms with E-state index in [1.165, 1.54) is 6.20 Å². The summed E-state index contributed by atoms with van der Waals surface area (Å²) >= 11 is 0. The first kappa shape index (κ1) is 13.5. The van der Waals surface area contributed by atoms with Crippen LogP contribution in [0.2, 0.25) is 0 Å². The molecular formula is C15H18N2O2. The Morgan fingerprint density at radius 3 is 2.53 bits per heavy atom. The van der Waals surface area contributed by atoms with Gasteiger partial charge < -0.3 is 5.32 Å². The smallest absolute Gasteiger partial charge is 0.168 e. The van der Waals surface area contributed by atoms with Crippen molar-refractivity contribution >= 4 is 11.6 Å². The van der Waals surface area contributed by atoms with Crippen molar-refractivity contribution in [3.63, 3.8) is 0 Å². The number of nitrogens with zero attached hydrogens (tertiary/aromatic N) is 1. The fourth-order valence-electron chi connectivity index (χ4n) is 2.20. The van der Waals surface area contributed by atoms with Gasteiger partial charge in [-0.1, -0.05) is 19.9 Å². The lowest BCUT2D eigenvalue weighted by atomic mass is 9.74. The third kappa shape index (κ3) is 3.50. The lowest BCUT2D eigenvalue weighted by Crippen LogP contribution is -2.32. The van der Waals surface area contributed by atoms with Crippen LogP contribution in [0, 0.1) is 5.41 Å². The minimum atomic E-state index is -0.216. The molecule has 1 aromatic rings. The van der Waals surface area contributed by atoms with Crippen LogP contribution in [0.5, 0.6) is 0 Å². The third-order valence-corrected chi connectivity index (χ3v) is 3.13. The zero-order chi connectivity index (χ0) is 13.9. The molecule has 1 heterocycles. The number of carbonyl (C=O) groups excluding carboxylic acids is 2. The van der Waals surface area contributed by atoms with Gasteiger partial charge in [0.25, 0.3) is 0 Å². The van der Waals surface area contributed by atoms with Gasteiger partial charge in [-0.2, -0.15) is 0 Å². The van der Waals surface area contributed by atoms with Crippen molar-refractivity contribution in [2.24, 2.45) is 5.41 Å². The summed E-state index contributed by atoms with van der Waals surface area (Å²) in [7, 11) is 0. The minimum Gasteiger partial charge on any atom is -0.385 e. The van der Waals surface area contributed by atoms with Gasteiger partial charge in [-0.15, -0.1) is 0 Å². The van der Waals surface area contributed by atoms with Crippen molar-refractivity contribution in [1.82, 2.24) is 10.3 Å². The molecule has 4 nitrogen and oxygen atoms in total. The van der Waals surface area contributed by atoms with Crippen molar-refractivity contribution in [2.45, 2.75) is 33.2 Å². The summed E-state index contributed by atoms with van der Waals surface area (Å²) in [4.78, 5) is 28.0. The SMILES string of the molecule is CC1(C)CC(=O)C(=CNCc2ccccn2)C(=O)C1. The molecule has 0 bridgehead atoms. The van der Waals surface area contributed by atoms with Crippen molar-refractivity contribution < 1.29 is 9.59 Å². The van der Waals surface area contributed by atoms with Gasteiger partial charge in [-0.05, 0) is 17.5 Å². The Labute approximate surface area is 112 Å². The molecule has 0 atom stereocenters. The van der Waals surface area contributed by atoms with Gasteiger partial charge in [0.1, 0.15) is 0 Å². The summed E-state index contributed by atoms with van der Waals surface area (Å²) in [5.74, 6) is -0.149. The van der Waals surface area contributed by atoms with Crippen molar-refractivity contribution in [2.75, 3.05) is 0 Å². The van der Waals surface area contributed by atoms with E-state index in [0.717, 1.165) is 5.69 Å². The molecule has 100 valence electrons. The number of carbonyl (C=O) groups is 2. The number of hydrogen-bond acceptors (Lipinski definition) is 4. The van der Waals surface area contributed by atoms with Gasteiger partial charge in [0, 0.05) is 25.2 Å². The zero-order valence-corrected chi connectivity index (χ0v) is 11.3. The molecule has 0 aliphatic heterocycles. The Hall–Kier alpha value is -1.97. The van der Waals surface area contributed by atoms with Gasteiger partial charge in [0.05, 0.1) is 17.8 Å². The van der Waals surface area contributed by atoms with Crippen LogP contribution in [-0.4, -0.2) is 16.6 Å². The quantitative estimate of drug-likeness (QED) is 0.665. The van der Waals surface area contributed by atoms with Gasteiger partial charge in [-0.25, -0.2) is 0 Å². The average Bonchev–Trinajstić information content (AvgIpc) is 2.32. The number of aromatic nitrogens is 1. The number of Topliss-reactive ketones (excluding diaryl/α,β-unsaturated/α-hetero) is 2. The van der Waals surface area contributed by atoms with Crippen LogP contribution < -0.4 is 5.32 Å². The number of ketones is 2. The highest BCUT2D eigenvalue weighted by atomic mass is 16.1. The van der Waals surface area contributed by atoms with Gasteiger partial charge in [-0.3, -0.25) is 14.6 Å². The molecule has 1 saturated carbocycles. The topological polar surface area (TPSA) is 59.1 Å². The van der Waals surface area contributed by atoms with Gasteiger partial charge >= 0.3 is 0 Å². The second kappa shape index (κ2) is 5.34. The van der Waals surface area contributed by atoms with Crippen molar-refractivity contribution in [3.05, 3.63) is 41.9 Å². The largest absolute Gasteiger partial charge is 0.385 e. The first-order valence-corrected chi connectivity index (χ1v) is 6.38. The number of pyridine rings is 1. The Morgan fingerprint density at radius 2 is 1.95 bits per heavy atom. The molecule has 0 spiro atoms. The molecular weight excluding hydrogens is 240 g/mol. The summed E-state index contributed by atoms with van der Waals surface area (Å²) in [6, 6.07) is 5.63. The van der Waals surface area contributed by atoms with E-state index in [2.05, 4.69) is 10.3 Å². The van der Waals surface area contributed by atoms with Crippen LogP contribution in [0.25, 0.3) is 0 Å². The van der Waals surface area contributed by atoms with Gasteiger partial charge in [0.15, 0.2) is 11.6 Å². The molecule has 0 saturated heterocycles. The van der Waals surface area contributed by atoms with Crippen LogP contribution in [0.4, 0.5) is 0 Å². The fraction of sp³-hybridized carbons (Fsp3) is 0.400. The van der Waals surface area contributed by atoms with Crippen molar-refractivity contribution in [3.8, 4) is 0 Å². The molecule has 0 amide bonds. The maximum atomic E-state index is 11.9. The Bertz CT molecular complexity index is 496. The standard InChI is InChI=1S/C15H18N2O2/c1-15(2)7-13(18)12(14(19)8-15)10-16-9-11-5-3-4-6-17-11/h3-6,10,16H,7-9H2,1-2H3. The summed E-state index contributed by atoms with van der Waals surface area (Å²) < 4.78 is 0. The van der Waals surface area contributed by atoms with E-state index < -0.39 is 0 Å².